The van der Waals surface area contributed by atoms with E-state index in [9.17, 15) is 9.59 Å². The number of carboxylic acids is 1. The van der Waals surface area contributed by atoms with Crippen molar-refractivity contribution < 1.29 is 14.7 Å². The van der Waals surface area contributed by atoms with E-state index in [1.165, 1.54) is 13.8 Å². The lowest BCUT2D eigenvalue weighted by Crippen LogP contribution is -2.49. The van der Waals surface area contributed by atoms with Gasteiger partial charge in [0.15, 0.2) is 0 Å². The predicted molar refractivity (Wildman–Crippen MR) is 76.0 cm³/mol. The van der Waals surface area contributed by atoms with E-state index in [1.54, 1.807) is 12.1 Å². The average molecular weight is 412 g/mol. The minimum Gasteiger partial charge on any atom is -0.480 e. The number of nitrogens with one attached hydrogen (secondary N) is 1. The number of amides is 1. The summed E-state index contributed by atoms with van der Waals surface area (Å²) in [6, 6.07) is 5.30. The Morgan fingerprint density at radius 1 is 1.41 bits per heavy atom. The van der Waals surface area contributed by atoms with E-state index in [1.807, 2.05) is 6.07 Å². The van der Waals surface area contributed by atoms with Gasteiger partial charge in [-0.15, -0.1) is 0 Å². The molecule has 0 aliphatic carbocycles. The molecule has 4 nitrogen and oxygen atoms in total. The van der Waals surface area contributed by atoms with Crippen LogP contribution in [0.2, 0.25) is 0 Å². The van der Waals surface area contributed by atoms with Crippen molar-refractivity contribution >= 4 is 50.4 Å². The molecule has 0 aliphatic heterocycles. The second-order valence-electron chi connectivity index (χ2n) is 4.01. The second kappa shape index (κ2) is 5.34. The van der Waals surface area contributed by atoms with Crippen LogP contribution in [0.4, 0.5) is 0 Å². The van der Waals surface area contributed by atoms with Crippen molar-refractivity contribution in [2.75, 3.05) is 0 Å². The van der Waals surface area contributed by atoms with Crippen LogP contribution >= 0.6 is 38.5 Å². The smallest absolute Gasteiger partial charge is 0.328 e. The number of halogens is 2. The molecule has 17 heavy (non-hydrogen) atoms. The van der Waals surface area contributed by atoms with Crippen LogP contribution in [0.15, 0.2) is 22.7 Å². The summed E-state index contributed by atoms with van der Waals surface area (Å²) in [6.07, 6.45) is 0. The van der Waals surface area contributed by atoms with Gasteiger partial charge in [-0.05, 0) is 70.6 Å². The van der Waals surface area contributed by atoms with E-state index in [0.717, 1.165) is 3.57 Å². The number of benzene rings is 1. The number of carbonyl (C=O) groups excluding carboxylic acids is 1. The summed E-state index contributed by atoms with van der Waals surface area (Å²) >= 11 is 5.35. The van der Waals surface area contributed by atoms with Gasteiger partial charge in [0.1, 0.15) is 5.54 Å². The Labute approximate surface area is 121 Å². The van der Waals surface area contributed by atoms with Crippen molar-refractivity contribution in [2.24, 2.45) is 0 Å². The first-order valence-corrected chi connectivity index (χ1v) is 6.62. The maximum atomic E-state index is 11.9. The summed E-state index contributed by atoms with van der Waals surface area (Å²) in [5.41, 5.74) is -0.871. The van der Waals surface area contributed by atoms with Crippen molar-refractivity contribution in [3.63, 3.8) is 0 Å². The lowest BCUT2D eigenvalue weighted by molar-refractivity contribution is -0.143. The first-order chi connectivity index (χ1) is 7.74. The van der Waals surface area contributed by atoms with Gasteiger partial charge >= 0.3 is 5.97 Å². The summed E-state index contributed by atoms with van der Waals surface area (Å²) in [7, 11) is 0. The zero-order valence-corrected chi connectivity index (χ0v) is 13.0. The highest BCUT2D eigenvalue weighted by Gasteiger charge is 2.29. The van der Waals surface area contributed by atoms with Gasteiger partial charge in [-0.2, -0.15) is 0 Å². The van der Waals surface area contributed by atoms with E-state index in [4.69, 9.17) is 5.11 Å². The molecule has 0 aromatic heterocycles. The quantitative estimate of drug-likeness (QED) is 0.751. The van der Waals surface area contributed by atoms with Crippen LogP contribution in [0.1, 0.15) is 24.2 Å². The zero-order valence-electron chi connectivity index (χ0n) is 9.25. The molecule has 0 bridgehead atoms. The van der Waals surface area contributed by atoms with E-state index in [-0.39, 0.29) is 0 Å². The number of hydrogen-bond acceptors (Lipinski definition) is 2. The van der Waals surface area contributed by atoms with Crippen LogP contribution < -0.4 is 5.32 Å². The maximum Gasteiger partial charge on any atom is 0.328 e. The third-order valence-electron chi connectivity index (χ3n) is 2.13. The third-order valence-corrected chi connectivity index (χ3v) is 3.50. The molecule has 1 rings (SSSR count). The largest absolute Gasteiger partial charge is 0.480 e. The Kier molecular flexibility index (Phi) is 4.54. The van der Waals surface area contributed by atoms with Gasteiger partial charge in [0.25, 0.3) is 5.91 Å². The SMILES string of the molecule is CC(C)(NC(=O)c1cc(I)ccc1Br)C(=O)O. The molecule has 92 valence electrons. The Morgan fingerprint density at radius 3 is 2.53 bits per heavy atom. The van der Waals surface area contributed by atoms with E-state index in [2.05, 4.69) is 43.8 Å². The molecule has 1 aromatic carbocycles. The minimum atomic E-state index is -1.29. The number of carboxylic acid groups (broad SMARTS) is 1. The van der Waals surface area contributed by atoms with Crippen LogP contribution in [0.5, 0.6) is 0 Å². The van der Waals surface area contributed by atoms with Gasteiger partial charge in [0.05, 0.1) is 5.56 Å². The summed E-state index contributed by atoms with van der Waals surface area (Å²) in [5, 5.41) is 11.4. The number of rotatable bonds is 3. The fraction of sp³-hybridized carbons (Fsp3) is 0.273. The normalized spacial score (nSPS) is 11.1. The van der Waals surface area contributed by atoms with Crippen molar-refractivity contribution in [3.8, 4) is 0 Å². The Balaban J connectivity index is 2.98. The number of carbonyl (C=O) groups is 2. The lowest BCUT2D eigenvalue weighted by Gasteiger charge is -2.21. The number of hydrogen-bond donors (Lipinski definition) is 2. The van der Waals surface area contributed by atoms with Crippen LogP contribution in [0.25, 0.3) is 0 Å². The molecule has 0 radical (unpaired) electrons. The van der Waals surface area contributed by atoms with Crippen LogP contribution in [0.3, 0.4) is 0 Å². The lowest BCUT2D eigenvalue weighted by atomic mass is 10.1. The molecule has 1 aromatic rings. The third kappa shape index (κ3) is 3.67. The molecule has 0 saturated heterocycles. The first kappa shape index (κ1) is 14.4. The number of aliphatic carboxylic acids is 1. The molecule has 6 heteroatoms. The second-order valence-corrected chi connectivity index (χ2v) is 6.11. The molecule has 0 aliphatic rings. The molecule has 0 unspecified atom stereocenters. The van der Waals surface area contributed by atoms with Gasteiger partial charge in [-0.1, -0.05) is 0 Å². The van der Waals surface area contributed by atoms with E-state index in [0.29, 0.717) is 10.0 Å². The average Bonchev–Trinajstić information content (AvgIpc) is 2.20. The standard InChI is InChI=1S/C11H11BrINO3/c1-11(2,10(16)17)14-9(15)7-5-6(13)3-4-8(7)12/h3-5H,1-2H3,(H,14,15)(H,16,17). The van der Waals surface area contributed by atoms with Crippen LogP contribution in [0, 0.1) is 3.57 Å². The molecule has 0 fully saturated rings. The highest BCUT2D eigenvalue weighted by Crippen LogP contribution is 2.20. The first-order valence-electron chi connectivity index (χ1n) is 4.75. The minimum absolute atomic E-state index is 0.414. The molecule has 0 saturated carbocycles. The molecule has 0 heterocycles. The van der Waals surface area contributed by atoms with Crippen molar-refractivity contribution in [1.29, 1.82) is 0 Å². The van der Waals surface area contributed by atoms with E-state index < -0.39 is 17.4 Å². The van der Waals surface area contributed by atoms with E-state index >= 15 is 0 Å². The maximum absolute atomic E-state index is 11.9. The topological polar surface area (TPSA) is 66.4 Å². The summed E-state index contributed by atoms with van der Waals surface area (Å²) in [6.45, 7) is 2.88. The van der Waals surface area contributed by atoms with Gasteiger partial charge in [0, 0.05) is 8.04 Å². The molecule has 1 amide bonds. The fourth-order valence-corrected chi connectivity index (χ4v) is 1.99. The van der Waals surface area contributed by atoms with Crippen LogP contribution in [-0.2, 0) is 4.79 Å². The van der Waals surface area contributed by atoms with Gasteiger partial charge in [-0.25, -0.2) is 4.79 Å². The molecular weight excluding hydrogens is 401 g/mol. The van der Waals surface area contributed by atoms with Crippen molar-refractivity contribution in [3.05, 3.63) is 31.8 Å². The molecule has 0 atom stereocenters. The summed E-state index contributed by atoms with van der Waals surface area (Å²) < 4.78 is 1.54. The van der Waals surface area contributed by atoms with Crippen LogP contribution in [-0.4, -0.2) is 22.5 Å². The molecule has 2 N–H and O–H groups in total. The predicted octanol–water partition coefficient (Wildman–Crippen LogP) is 2.65. The Bertz CT molecular complexity index is 474. The van der Waals surface area contributed by atoms with Gasteiger partial charge < -0.3 is 10.4 Å². The highest BCUT2D eigenvalue weighted by atomic mass is 127. The Hall–Kier alpha value is -0.630. The van der Waals surface area contributed by atoms with Crippen molar-refractivity contribution in [1.82, 2.24) is 5.32 Å². The molecule has 0 spiro atoms. The van der Waals surface area contributed by atoms with Gasteiger partial charge in [-0.3, -0.25) is 4.79 Å². The molecular formula is C11H11BrINO3. The summed E-state index contributed by atoms with van der Waals surface area (Å²) in [5.74, 6) is -1.49. The van der Waals surface area contributed by atoms with Crippen molar-refractivity contribution in [2.45, 2.75) is 19.4 Å². The Morgan fingerprint density at radius 2 is 2.00 bits per heavy atom. The summed E-state index contributed by atoms with van der Waals surface area (Å²) in [4.78, 5) is 22.8. The fourth-order valence-electron chi connectivity index (χ4n) is 1.08. The van der Waals surface area contributed by atoms with Gasteiger partial charge in [0.2, 0.25) is 0 Å². The monoisotopic (exact) mass is 411 g/mol. The zero-order chi connectivity index (χ0) is 13.2. The highest BCUT2D eigenvalue weighted by molar-refractivity contribution is 14.1.